The van der Waals surface area contributed by atoms with Crippen LogP contribution in [0.25, 0.3) is 0 Å². The van der Waals surface area contributed by atoms with Crippen molar-refractivity contribution in [1.82, 2.24) is 0 Å². The maximum Gasteiger partial charge on any atom is 0.111 e. The quantitative estimate of drug-likeness (QED) is 0.817. The normalized spacial score (nSPS) is 10.0. The highest BCUT2D eigenvalue weighted by molar-refractivity contribution is 9.10. The molecule has 17 heavy (non-hydrogen) atoms. The highest BCUT2D eigenvalue weighted by Gasteiger charge is 2.04. The molecule has 0 aromatic heterocycles. The Bertz CT molecular complexity index is 537. The highest BCUT2D eigenvalue weighted by Crippen LogP contribution is 2.24. The molecule has 0 fully saturated rings. The van der Waals surface area contributed by atoms with Crippen LogP contribution in [0.2, 0.25) is 0 Å². The van der Waals surface area contributed by atoms with Crippen molar-refractivity contribution in [3.8, 4) is 0 Å². The maximum atomic E-state index is 5.36. The number of hydrogen-bond acceptors (Lipinski definition) is 1. The molecular formula is C14H12BrNS. The summed E-state index contributed by atoms with van der Waals surface area (Å²) in [6.07, 6.45) is 0. The molecule has 0 aliphatic carbocycles. The van der Waals surface area contributed by atoms with Gasteiger partial charge in [-0.3, -0.25) is 0 Å². The van der Waals surface area contributed by atoms with Crippen molar-refractivity contribution < 1.29 is 0 Å². The van der Waals surface area contributed by atoms with E-state index >= 15 is 0 Å². The van der Waals surface area contributed by atoms with Gasteiger partial charge in [-0.05, 0) is 40.5 Å². The number of benzene rings is 2. The third kappa shape index (κ3) is 3.14. The van der Waals surface area contributed by atoms with E-state index in [4.69, 9.17) is 12.2 Å². The van der Waals surface area contributed by atoms with E-state index in [0.29, 0.717) is 0 Å². The first-order chi connectivity index (χ1) is 8.16. The fourth-order valence-electron chi connectivity index (χ4n) is 1.51. The van der Waals surface area contributed by atoms with Gasteiger partial charge in [-0.25, -0.2) is 0 Å². The summed E-state index contributed by atoms with van der Waals surface area (Å²) in [6.45, 7) is 2.06. The summed E-state index contributed by atoms with van der Waals surface area (Å²) < 4.78 is 1.02. The molecule has 3 heteroatoms. The predicted molar refractivity (Wildman–Crippen MR) is 80.6 cm³/mol. The van der Waals surface area contributed by atoms with Gasteiger partial charge in [0.15, 0.2) is 0 Å². The summed E-state index contributed by atoms with van der Waals surface area (Å²) in [5.41, 5.74) is 3.23. The van der Waals surface area contributed by atoms with Gasteiger partial charge in [-0.15, -0.1) is 0 Å². The van der Waals surface area contributed by atoms with Crippen LogP contribution in [-0.2, 0) is 0 Å². The van der Waals surface area contributed by atoms with Crippen LogP contribution in [0.4, 0.5) is 5.69 Å². The molecule has 0 saturated heterocycles. The summed E-state index contributed by atoms with van der Waals surface area (Å²) in [4.78, 5) is 0.732. The van der Waals surface area contributed by atoms with Crippen molar-refractivity contribution in [1.29, 1.82) is 0 Å². The summed E-state index contributed by atoms with van der Waals surface area (Å²) in [5.74, 6) is 0. The predicted octanol–water partition coefficient (Wildman–Crippen LogP) is 4.55. The Morgan fingerprint density at radius 1 is 1.12 bits per heavy atom. The molecule has 0 radical (unpaired) electrons. The second kappa shape index (κ2) is 5.43. The third-order valence-electron chi connectivity index (χ3n) is 2.41. The molecule has 1 N–H and O–H groups in total. The number of rotatable bonds is 2. The number of halogens is 1. The van der Waals surface area contributed by atoms with Gasteiger partial charge in [0, 0.05) is 10.0 Å². The summed E-state index contributed by atoms with van der Waals surface area (Å²) in [5, 5.41) is 3.24. The molecule has 0 aliphatic rings. The van der Waals surface area contributed by atoms with Crippen molar-refractivity contribution in [3.63, 3.8) is 0 Å². The Labute approximate surface area is 115 Å². The third-order valence-corrected chi connectivity index (χ3v) is 3.40. The number of aryl methyl sites for hydroxylation is 1. The maximum absolute atomic E-state index is 5.36. The smallest absolute Gasteiger partial charge is 0.111 e. The average Bonchev–Trinajstić information content (AvgIpc) is 2.34. The summed E-state index contributed by atoms with van der Waals surface area (Å²) in [6, 6.07) is 16.1. The molecule has 2 aromatic rings. The number of thiocarbonyl (C=S) groups is 1. The lowest BCUT2D eigenvalue weighted by Crippen LogP contribution is -2.10. The summed E-state index contributed by atoms with van der Waals surface area (Å²) in [7, 11) is 0. The first-order valence-corrected chi connectivity index (χ1v) is 6.49. The minimum absolute atomic E-state index is 0.732. The minimum atomic E-state index is 0.732. The molecule has 1 nitrogen and oxygen atoms in total. The largest absolute Gasteiger partial charge is 0.345 e. The Morgan fingerprint density at radius 2 is 1.82 bits per heavy atom. The monoisotopic (exact) mass is 305 g/mol. The van der Waals surface area contributed by atoms with Crippen LogP contribution in [0.1, 0.15) is 11.1 Å². The van der Waals surface area contributed by atoms with E-state index in [0.717, 1.165) is 20.7 Å². The van der Waals surface area contributed by atoms with Crippen LogP contribution < -0.4 is 5.32 Å². The van der Waals surface area contributed by atoms with Crippen LogP contribution in [0.3, 0.4) is 0 Å². The summed E-state index contributed by atoms with van der Waals surface area (Å²) >= 11 is 8.89. The SMILES string of the molecule is Cc1ccc(NC(=S)c2ccccc2)c(Br)c1. The van der Waals surface area contributed by atoms with Crippen LogP contribution in [-0.4, -0.2) is 4.99 Å². The van der Waals surface area contributed by atoms with E-state index < -0.39 is 0 Å². The van der Waals surface area contributed by atoms with Gasteiger partial charge in [-0.1, -0.05) is 48.6 Å². The lowest BCUT2D eigenvalue weighted by Gasteiger charge is -2.10. The Kier molecular flexibility index (Phi) is 3.92. The number of nitrogens with one attached hydrogen (secondary N) is 1. The van der Waals surface area contributed by atoms with Crippen molar-refractivity contribution >= 4 is 38.8 Å². The Balaban J connectivity index is 2.19. The van der Waals surface area contributed by atoms with Gasteiger partial charge in [0.05, 0.1) is 5.69 Å². The fourth-order valence-corrected chi connectivity index (χ4v) is 2.34. The molecule has 0 unspecified atom stereocenters. The van der Waals surface area contributed by atoms with E-state index in [-0.39, 0.29) is 0 Å². The van der Waals surface area contributed by atoms with Crippen LogP contribution in [0, 0.1) is 6.92 Å². The van der Waals surface area contributed by atoms with E-state index in [1.807, 2.05) is 36.4 Å². The van der Waals surface area contributed by atoms with E-state index in [1.165, 1.54) is 5.56 Å². The van der Waals surface area contributed by atoms with Crippen LogP contribution >= 0.6 is 28.1 Å². The molecule has 0 atom stereocenters. The molecule has 0 amide bonds. The Morgan fingerprint density at radius 3 is 2.47 bits per heavy atom. The van der Waals surface area contributed by atoms with E-state index in [9.17, 15) is 0 Å². The van der Waals surface area contributed by atoms with Gasteiger partial charge in [0.1, 0.15) is 4.99 Å². The zero-order valence-corrected chi connectivity index (χ0v) is 11.8. The average molecular weight is 306 g/mol. The lowest BCUT2D eigenvalue weighted by molar-refractivity contribution is 1.44. The van der Waals surface area contributed by atoms with Crippen molar-refractivity contribution in [2.45, 2.75) is 6.92 Å². The molecule has 0 spiro atoms. The topological polar surface area (TPSA) is 12.0 Å². The number of hydrogen-bond donors (Lipinski definition) is 1. The molecule has 0 heterocycles. The molecule has 2 rings (SSSR count). The second-order valence-electron chi connectivity index (χ2n) is 3.80. The molecule has 0 aliphatic heterocycles. The van der Waals surface area contributed by atoms with Gasteiger partial charge < -0.3 is 5.32 Å². The minimum Gasteiger partial charge on any atom is -0.345 e. The molecule has 0 saturated carbocycles. The Hall–Kier alpha value is -1.19. The highest BCUT2D eigenvalue weighted by atomic mass is 79.9. The van der Waals surface area contributed by atoms with E-state index in [1.54, 1.807) is 0 Å². The first-order valence-electron chi connectivity index (χ1n) is 5.29. The van der Waals surface area contributed by atoms with E-state index in [2.05, 4.69) is 40.3 Å². The van der Waals surface area contributed by atoms with Crippen LogP contribution in [0.5, 0.6) is 0 Å². The van der Waals surface area contributed by atoms with Crippen LogP contribution in [0.15, 0.2) is 53.0 Å². The van der Waals surface area contributed by atoms with Crippen molar-refractivity contribution in [2.75, 3.05) is 5.32 Å². The molecular weight excluding hydrogens is 294 g/mol. The van der Waals surface area contributed by atoms with Crippen molar-refractivity contribution in [2.24, 2.45) is 0 Å². The molecule has 2 aromatic carbocycles. The van der Waals surface area contributed by atoms with Gasteiger partial charge >= 0.3 is 0 Å². The van der Waals surface area contributed by atoms with Gasteiger partial charge in [0.25, 0.3) is 0 Å². The molecule has 86 valence electrons. The van der Waals surface area contributed by atoms with Crippen molar-refractivity contribution in [3.05, 3.63) is 64.1 Å². The second-order valence-corrected chi connectivity index (χ2v) is 5.07. The lowest BCUT2D eigenvalue weighted by atomic mass is 10.2. The fraction of sp³-hybridized carbons (Fsp3) is 0.0714. The standard InChI is InChI=1S/C14H12BrNS/c1-10-7-8-13(12(15)9-10)16-14(17)11-5-3-2-4-6-11/h2-9H,1H3,(H,16,17). The van der Waals surface area contributed by atoms with Gasteiger partial charge in [-0.2, -0.15) is 0 Å². The number of anilines is 1. The zero-order chi connectivity index (χ0) is 12.3. The first kappa shape index (κ1) is 12.3. The zero-order valence-electron chi connectivity index (χ0n) is 9.41. The molecule has 0 bridgehead atoms. The van der Waals surface area contributed by atoms with Gasteiger partial charge in [0.2, 0.25) is 0 Å².